The smallest absolute Gasteiger partial charge is 0.308 e. The molecular weight excluding hydrogens is 428 g/mol. The monoisotopic (exact) mass is 460 g/mol. The normalized spacial score (nSPS) is 32.9. The lowest BCUT2D eigenvalue weighted by molar-refractivity contribution is -0.206. The van der Waals surface area contributed by atoms with Crippen molar-refractivity contribution in [1.29, 1.82) is 0 Å². The maximum absolute atomic E-state index is 11.9. The van der Waals surface area contributed by atoms with Crippen LogP contribution in [-0.4, -0.2) is 80.7 Å². The lowest BCUT2D eigenvalue weighted by atomic mass is 9.78. The molecule has 0 bridgehead atoms. The Morgan fingerprint density at radius 3 is 2.79 bits per heavy atom. The number of methoxy groups -OCH3 is 1. The lowest BCUT2D eigenvalue weighted by Gasteiger charge is -2.45. The molecule has 2 N–H and O–H groups in total. The molecule has 33 heavy (non-hydrogen) atoms. The minimum Gasteiger partial charge on any atom is -0.469 e. The molecule has 3 unspecified atom stereocenters. The number of fused-ring (bicyclic) bond motifs is 2. The summed E-state index contributed by atoms with van der Waals surface area (Å²) in [6, 6.07) is 0.578. The first kappa shape index (κ1) is 22.5. The second-order valence-electron chi connectivity index (χ2n) is 9.92. The Hall–Kier alpha value is -2.34. The maximum Gasteiger partial charge on any atom is 0.308 e. The van der Waals surface area contributed by atoms with Crippen molar-refractivity contribution < 1.29 is 23.7 Å². The third-order valence-electron chi connectivity index (χ3n) is 7.06. The van der Waals surface area contributed by atoms with Crippen LogP contribution in [0.4, 0.5) is 5.82 Å². The Morgan fingerprint density at radius 1 is 1.33 bits per heavy atom. The number of esters is 1. The summed E-state index contributed by atoms with van der Waals surface area (Å²) in [5.41, 5.74) is 6.20. The third-order valence-corrected chi connectivity index (χ3v) is 7.06. The minimum atomic E-state index is -0.916. The molecule has 5 rings (SSSR count). The summed E-state index contributed by atoms with van der Waals surface area (Å²) in [5, 5.41) is 0. The van der Waals surface area contributed by atoms with Crippen LogP contribution >= 0.6 is 0 Å². The highest BCUT2D eigenvalue weighted by atomic mass is 16.8. The van der Waals surface area contributed by atoms with Gasteiger partial charge in [-0.15, -0.1) is 0 Å². The molecular formula is C22H32N6O5. The van der Waals surface area contributed by atoms with E-state index in [9.17, 15) is 4.79 Å². The van der Waals surface area contributed by atoms with Gasteiger partial charge < -0.3 is 24.7 Å². The first-order chi connectivity index (χ1) is 15.6. The number of rotatable bonds is 6. The van der Waals surface area contributed by atoms with Gasteiger partial charge in [0.2, 0.25) is 5.72 Å². The highest BCUT2D eigenvalue weighted by Gasteiger charge is 2.63. The SMILES string of the molecule is COC(=O)C1CC(N(CC2OCC3(n4cnc5c(N)ncnc54)OC(C)(C)OC23)C(C)C)C1. The van der Waals surface area contributed by atoms with E-state index in [-0.39, 0.29) is 30.1 Å². The number of imidazole rings is 1. The lowest BCUT2D eigenvalue weighted by Crippen LogP contribution is -2.54. The van der Waals surface area contributed by atoms with Crippen molar-refractivity contribution in [3.05, 3.63) is 12.7 Å². The van der Waals surface area contributed by atoms with Crippen molar-refractivity contribution in [2.24, 2.45) is 5.92 Å². The predicted octanol–water partition coefficient (Wildman–Crippen LogP) is 1.27. The van der Waals surface area contributed by atoms with E-state index in [4.69, 9.17) is 24.7 Å². The number of hydrogen-bond acceptors (Lipinski definition) is 10. The molecule has 1 aliphatic carbocycles. The number of aromatic nitrogens is 4. The molecule has 0 amide bonds. The Bertz CT molecular complexity index is 1050. The Morgan fingerprint density at radius 2 is 2.09 bits per heavy atom. The van der Waals surface area contributed by atoms with Crippen molar-refractivity contribution >= 4 is 23.0 Å². The highest BCUT2D eigenvalue weighted by molar-refractivity contribution is 5.81. The van der Waals surface area contributed by atoms with Gasteiger partial charge in [0, 0.05) is 18.6 Å². The Kier molecular flexibility index (Phi) is 5.35. The summed E-state index contributed by atoms with van der Waals surface area (Å²) in [6.07, 6.45) is 4.07. The fourth-order valence-electron chi connectivity index (χ4n) is 5.44. The van der Waals surface area contributed by atoms with Gasteiger partial charge in [0.25, 0.3) is 0 Å². The Labute approximate surface area is 192 Å². The molecule has 2 aromatic heterocycles. The van der Waals surface area contributed by atoms with Crippen LogP contribution in [0.1, 0.15) is 40.5 Å². The number of nitrogens with zero attached hydrogens (tertiary/aromatic N) is 5. The van der Waals surface area contributed by atoms with Crippen LogP contribution < -0.4 is 5.73 Å². The molecule has 180 valence electrons. The number of nitrogen functional groups attached to an aromatic ring is 1. The topological polar surface area (TPSA) is 127 Å². The van der Waals surface area contributed by atoms with Gasteiger partial charge in [-0.2, -0.15) is 0 Å². The molecule has 0 aromatic carbocycles. The van der Waals surface area contributed by atoms with Crippen molar-refractivity contribution in [2.45, 2.75) is 76.3 Å². The second-order valence-corrected chi connectivity index (χ2v) is 9.92. The highest BCUT2D eigenvalue weighted by Crippen LogP contribution is 2.48. The maximum atomic E-state index is 11.9. The average molecular weight is 461 g/mol. The van der Waals surface area contributed by atoms with Crippen LogP contribution in [-0.2, 0) is 29.5 Å². The molecule has 0 radical (unpaired) electrons. The standard InChI is InChI=1S/C22H32N6O5/c1-12(2)27(14-6-13(7-14)20(29)30-5)8-15-17-22(9-31-15,33-21(3,4)32-17)28-11-26-16-18(23)24-10-25-19(16)28/h10-15,17H,6-9H2,1-5H3,(H2,23,24,25). The van der Waals surface area contributed by atoms with E-state index in [1.807, 2.05) is 18.4 Å². The van der Waals surface area contributed by atoms with Crippen molar-refractivity contribution in [3.63, 3.8) is 0 Å². The van der Waals surface area contributed by atoms with E-state index >= 15 is 0 Å². The van der Waals surface area contributed by atoms with E-state index in [1.165, 1.54) is 13.4 Å². The zero-order valence-electron chi connectivity index (χ0n) is 19.7. The summed E-state index contributed by atoms with van der Waals surface area (Å²) in [4.78, 5) is 27.1. The van der Waals surface area contributed by atoms with Crippen molar-refractivity contribution in [3.8, 4) is 0 Å². The van der Waals surface area contributed by atoms with E-state index in [0.29, 0.717) is 36.2 Å². The van der Waals surface area contributed by atoms with Gasteiger partial charge in [-0.25, -0.2) is 15.0 Å². The van der Waals surface area contributed by atoms with Crippen LogP contribution in [0.25, 0.3) is 11.2 Å². The Balaban J connectivity index is 1.42. The fraction of sp³-hybridized carbons (Fsp3) is 0.727. The van der Waals surface area contributed by atoms with Crippen LogP contribution in [0.15, 0.2) is 12.7 Å². The van der Waals surface area contributed by atoms with Gasteiger partial charge in [-0.05, 0) is 40.5 Å². The van der Waals surface area contributed by atoms with Crippen LogP contribution in [0.2, 0.25) is 0 Å². The van der Waals surface area contributed by atoms with Gasteiger partial charge >= 0.3 is 5.97 Å². The van der Waals surface area contributed by atoms with E-state index < -0.39 is 11.5 Å². The van der Waals surface area contributed by atoms with Gasteiger partial charge in [-0.1, -0.05) is 0 Å². The molecule has 3 fully saturated rings. The van der Waals surface area contributed by atoms with Crippen LogP contribution in [0, 0.1) is 5.92 Å². The number of hydrogen-bond donors (Lipinski definition) is 1. The molecule has 2 aromatic rings. The fourth-order valence-corrected chi connectivity index (χ4v) is 5.44. The van der Waals surface area contributed by atoms with E-state index in [1.54, 1.807) is 6.33 Å². The summed E-state index contributed by atoms with van der Waals surface area (Å²) in [5.74, 6) is -0.654. The van der Waals surface area contributed by atoms with Crippen LogP contribution in [0.3, 0.4) is 0 Å². The zero-order valence-corrected chi connectivity index (χ0v) is 19.7. The van der Waals surface area contributed by atoms with Gasteiger partial charge in [0.1, 0.15) is 24.1 Å². The summed E-state index contributed by atoms with van der Waals surface area (Å²) < 4.78 is 26.0. The molecule has 3 aliphatic rings. The molecule has 2 saturated heterocycles. The molecule has 3 atom stereocenters. The van der Waals surface area contributed by atoms with Crippen molar-refractivity contribution in [2.75, 3.05) is 26.0 Å². The van der Waals surface area contributed by atoms with Gasteiger partial charge in [-0.3, -0.25) is 14.3 Å². The van der Waals surface area contributed by atoms with E-state index in [0.717, 1.165) is 12.8 Å². The number of nitrogens with two attached hydrogens (primary N) is 1. The molecule has 2 aliphatic heterocycles. The van der Waals surface area contributed by atoms with Crippen LogP contribution in [0.5, 0.6) is 0 Å². The predicted molar refractivity (Wildman–Crippen MR) is 118 cm³/mol. The molecule has 11 heteroatoms. The van der Waals surface area contributed by atoms with Gasteiger partial charge in [0.15, 0.2) is 17.3 Å². The second kappa shape index (κ2) is 7.86. The van der Waals surface area contributed by atoms with Gasteiger partial charge in [0.05, 0.1) is 26.0 Å². The van der Waals surface area contributed by atoms with Crippen molar-refractivity contribution in [1.82, 2.24) is 24.4 Å². The quantitative estimate of drug-likeness (QED) is 0.630. The first-order valence-electron chi connectivity index (χ1n) is 11.4. The third kappa shape index (κ3) is 3.58. The summed E-state index contributed by atoms with van der Waals surface area (Å²) in [6.45, 7) is 9.08. The average Bonchev–Trinajstić information content (AvgIpc) is 3.36. The minimum absolute atomic E-state index is 0.0303. The molecule has 1 saturated carbocycles. The zero-order chi connectivity index (χ0) is 23.5. The first-order valence-corrected chi connectivity index (χ1v) is 11.4. The summed E-state index contributed by atoms with van der Waals surface area (Å²) >= 11 is 0. The number of carbonyl (C=O) groups excluding carboxylic acids is 1. The van der Waals surface area contributed by atoms with E-state index in [2.05, 4.69) is 33.7 Å². The summed E-state index contributed by atoms with van der Waals surface area (Å²) in [7, 11) is 1.44. The molecule has 11 nitrogen and oxygen atoms in total. The number of anilines is 1. The molecule has 0 spiro atoms. The largest absolute Gasteiger partial charge is 0.469 e. The molecule has 4 heterocycles. The number of ether oxygens (including phenoxy) is 4. The number of carbonyl (C=O) groups is 1.